The standard InChI is InChI=1S/C21H21N3O4/c1-3-9-23(21(26)16-5-4-6-18(12-16)24(27)28)13-17-11-15-8-7-14(2)10-19(15)22-20(17)25/h4-8,10-12H,3,9,13H2,1-2H3,(H,22,25). The number of fused-ring (bicyclic) bond motifs is 1. The Morgan fingerprint density at radius 2 is 1.96 bits per heavy atom. The van der Waals surface area contributed by atoms with E-state index in [2.05, 4.69) is 4.98 Å². The van der Waals surface area contributed by atoms with Crippen molar-refractivity contribution in [3.8, 4) is 0 Å². The smallest absolute Gasteiger partial charge is 0.270 e. The van der Waals surface area contributed by atoms with E-state index in [0.29, 0.717) is 18.5 Å². The van der Waals surface area contributed by atoms with Gasteiger partial charge in [-0.1, -0.05) is 25.1 Å². The summed E-state index contributed by atoms with van der Waals surface area (Å²) < 4.78 is 0. The van der Waals surface area contributed by atoms with Gasteiger partial charge in [-0.05, 0) is 42.5 Å². The summed E-state index contributed by atoms with van der Waals surface area (Å²) in [5.74, 6) is -0.339. The van der Waals surface area contributed by atoms with Gasteiger partial charge in [0, 0.05) is 35.3 Å². The molecule has 1 N–H and O–H groups in total. The van der Waals surface area contributed by atoms with Crippen molar-refractivity contribution in [2.24, 2.45) is 0 Å². The minimum Gasteiger partial charge on any atom is -0.334 e. The third kappa shape index (κ3) is 4.09. The molecule has 7 heteroatoms. The van der Waals surface area contributed by atoms with Crippen molar-refractivity contribution in [2.75, 3.05) is 6.54 Å². The van der Waals surface area contributed by atoms with E-state index < -0.39 is 4.92 Å². The molecule has 2 aromatic carbocycles. The van der Waals surface area contributed by atoms with Gasteiger partial charge in [-0.2, -0.15) is 0 Å². The fraction of sp³-hybridized carbons (Fsp3) is 0.238. The molecule has 1 amide bonds. The number of carbonyl (C=O) groups excluding carboxylic acids is 1. The van der Waals surface area contributed by atoms with E-state index in [-0.39, 0.29) is 29.3 Å². The monoisotopic (exact) mass is 379 g/mol. The second kappa shape index (κ2) is 8.04. The molecule has 1 heterocycles. The van der Waals surface area contributed by atoms with Gasteiger partial charge in [-0.3, -0.25) is 19.7 Å². The van der Waals surface area contributed by atoms with Gasteiger partial charge in [0.25, 0.3) is 17.2 Å². The van der Waals surface area contributed by atoms with Crippen molar-refractivity contribution >= 4 is 22.5 Å². The molecule has 0 saturated carbocycles. The van der Waals surface area contributed by atoms with Crippen molar-refractivity contribution < 1.29 is 9.72 Å². The predicted octanol–water partition coefficient (Wildman–Crippen LogP) is 3.80. The number of amides is 1. The molecule has 0 aliphatic heterocycles. The van der Waals surface area contributed by atoms with E-state index in [0.717, 1.165) is 16.5 Å². The Kier molecular flexibility index (Phi) is 5.54. The molecule has 0 aliphatic rings. The van der Waals surface area contributed by atoms with Gasteiger partial charge in [0.2, 0.25) is 0 Å². The normalized spacial score (nSPS) is 10.8. The van der Waals surface area contributed by atoms with Crippen LogP contribution in [0, 0.1) is 17.0 Å². The van der Waals surface area contributed by atoms with Crippen LogP contribution in [0.3, 0.4) is 0 Å². The summed E-state index contributed by atoms with van der Waals surface area (Å²) >= 11 is 0. The van der Waals surface area contributed by atoms with Crippen LogP contribution >= 0.6 is 0 Å². The fourth-order valence-corrected chi connectivity index (χ4v) is 3.14. The highest BCUT2D eigenvalue weighted by atomic mass is 16.6. The highest BCUT2D eigenvalue weighted by Gasteiger charge is 2.19. The lowest BCUT2D eigenvalue weighted by Crippen LogP contribution is -2.33. The van der Waals surface area contributed by atoms with Gasteiger partial charge in [-0.25, -0.2) is 0 Å². The summed E-state index contributed by atoms with van der Waals surface area (Å²) in [6.45, 7) is 4.45. The summed E-state index contributed by atoms with van der Waals surface area (Å²) in [6, 6.07) is 13.2. The van der Waals surface area contributed by atoms with Crippen LogP contribution in [0.5, 0.6) is 0 Å². The van der Waals surface area contributed by atoms with Gasteiger partial charge in [0.15, 0.2) is 0 Å². The molecular formula is C21H21N3O4. The lowest BCUT2D eigenvalue weighted by atomic mass is 10.1. The number of non-ortho nitro benzene ring substituents is 1. The van der Waals surface area contributed by atoms with Crippen LogP contribution in [-0.4, -0.2) is 27.3 Å². The van der Waals surface area contributed by atoms with Crippen LogP contribution in [0.2, 0.25) is 0 Å². The van der Waals surface area contributed by atoms with E-state index in [1.807, 2.05) is 32.0 Å². The number of nitrogens with zero attached hydrogens (tertiary/aromatic N) is 2. The highest BCUT2D eigenvalue weighted by molar-refractivity contribution is 5.94. The molecule has 0 aliphatic carbocycles. The lowest BCUT2D eigenvalue weighted by Gasteiger charge is -2.22. The zero-order valence-electron chi connectivity index (χ0n) is 15.8. The molecular weight excluding hydrogens is 358 g/mol. The Labute approximate surface area is 161 Å². The maximum absolute atomic E-state index is 12.9. The Bertz CT molecular complexity index is 1100. The largest absolute Gasteiger partial charge is 0.334 e. The number of aryl methyl sites for hydroxylation is 1. The molecule has 1 aromatic heterocycles. The van der Waals surface area contributed by atoms with Crippen molar-refractivity contribution in [3.63, 3.8) is 0 Å². The van der Waals surface area contributed by atoms with Crippen molar-refractivity contribution in [2.45, 2.75) is 26.8 Å². The number of benzene rings is 2. The minimum atomic E-state index is -0.531. The molecule has 0 spiro atoms. The van der Waals surface area contributed by atoms with Gasteiger partial charge >= 0.3 is 0 Å². The van der Waals surface area contributed by atoms with Crippen LogP contribution < -0.4 is 5.56 Å². The molecule has 0 bridgehead atoms. The molecule has 0 unspecified atom stereocenters. The molecule has 0 fully saturated rings. The maximum Gasteiger partial charge on any atom is 0.270 e. The van der Waals surface area contributed by atoms with Crippen molar-refractivity contribution in [1.82, 2.24) is 9.88 Å². The molecule has 3 rings (SSSR count). The zero-order chi connectivity index (χ0) is 20.3. The first-order valence-corrected chi connectivity index (χ1v) is 9.05. The van der Waals surface area contributed by atoms with Crippen LogP contribution in [0.15, 0.2) is 53.3 Å². The minimum absolute atomic E-state index is 0.133. The number of H-pyrrole nitrogens is 1. The topological polar surface area (TPSA) is 96.3 Å². The number of pyridine rings is 1. The zero-order valence-corrected chi connectivity index (χ0v) is 15.8. The van der Waals surface area contributed by atoms with E-state index in [1.54, 1.807) is 17.0 Å². The fourth-order valence-electron chi connectivity index (χ4n) is 3.14. The Balaban J connectivity index is 1.94. The van der Waals surface area contributed by atoms with Gasteiger partial charge in [-0.15, -0.1) is 0 Å². The first kappa shape index (κ1) is 19.3. The molecule has 7 nitrogen and oxygen atoms in total. The number of hydrogen-bond donors (Lipinski definition) is 1. The molecule has 3 aromatic rings. The van der Waals surface area contributed by atoms with E-state index >= 15 is 0 Å². The summed E-state index contributed by atoms with van der Waals surface area (Å²) in [7, 11) is 0. The Hall–Kier alpha value is -3.48. The summed E-state index contributed by atoms with van der Waals surface area (Å²) in [4.78, 5) is 40.3. The number of nitrogens with one attached hydrogen (secondary N) is 1. The highest BCUT2D eigenvalue weighted by Crippen LogP contribution is 2.18. The Morgan fingerprint density at radius 3 is 2.68 bits per heavy atom. The number of rotatable bonds is 6. The second-order valence-electron chi connectivity index (χ2n) is 6.75. The van der Waals surface area contributed by atoms with Crippen molar-refractivity contribution in [3.05, 3.63) is 85.7 Å². The van der Waals surface area contributed by atoms with Crippen LogP contribution in [0.25, 0.3) is 10.9 Å². The molecule has 0 radical (unpaired) electrons. The first-order chi connectivity index (χ1) is 13.4. The summed E-state index contributed by atoms with van der Waals surface area (Å²) in [5, 5.41) is 11.9. The SMILES string of the molecule is CCCN(Cc1cc2ccc(C)cc2[nH]c1=O)C(=O)c1cccc([N+](=O)[O-])c1. The lowest BCUT2D eigenvalue weighted by molar-refractivity contribution is -0.384. The molecule has 0 saturated heterocycles. The van der Waals surface area contributed by atoms with Crippen LogP contribution in [0.4, 0.5) is 5.69 Å². The predicted molar refractivity (Wildman–Crippen MR) is 107 cm³/mol. The number of aromatic amines is 1. The number of nitro groups is 1. The summed E-state index contributed by atoms with van der Waals surface area (Å²) in [6.07, 6.45) is 0.700. The van der Waals surface area contributed by atoms with Crippen molar-refractivity contribution in [1.29, 1.82) is 0 Å². The van der Waals surface area contributed by atoms with E-state index in [4.69, 9.17) is 0 Å². The average molecular weight is 379 g/mol. The summed E-state index contributed by atoms with van der Waals surface area (Å²) in [5.41, 5.74) is 2.12. The van der Waals surface area contributed by atoms with Gasteiger partial charge in [0.05, 0.1) is 11.5 Å². The van der Waals surface area contributed by atoms with Gasteiger partial charge < -0.3 is 9.88 Å². The van der Waals surface area contributed by atoms with Gasteiger partial charge in [0.1, 0.15) is 0 Å². The third-order valence-corrected chi connectivity index (χ3v) is 4.52. The average Bonchev–Trinajstić information content (AvgIpc) is 2.67. The second-order valence-corrected chi connectivity index (χ2v) is 6.75. The molecule has 28 heavy (non-hydrogen) atoms. The number of carbonyl (C=O) groups is 1. The third-order valence-electron chi connectivity index (χ3n) is 4.52. The quantitative estimate of drug-likeness (QED) is 0.520. The number of nitro benzene ring substituents is 1. The maximum atomic E-state index is 12.9. The molecule has 0 atom stereocenters. The first-order valence-electron chi connectivity index (χ1n) is 9.05. The van der Waals surface area contributed by atoms with E-state index in [1.165, 1.54) is 18.2 Å². The van der Waals surface area contributed by atoms with E-state index in [9.17, 15) is 19.7 Å². The van der Waals surface area contributed by atoms with Crippen LogP contribution in [-0.2, 0) is 6.54 Å². The van der Waals surface area contributed by atoms with Crippen LogP contribution in [0.1, 0.15) is 34.8 Å². The number of aromatic nitrogens is 1. The molecule has 144 valence electrons. The Morgan fingerprint density at radius 1 is 1.18 bits per heavy atom. The number of hydrogen-bond acceptors (Lipinski definition) is 4.